The third kappa shape index (κ3) is 5.79. The van der Waals surface area contributed by atoms with Crippen LogP contribution in [0.1, 0.15) is 50.7 Å². The van der Waals surface area contributed by atoms with Crippen molar-refractivity contribution in [1.29, 1.82) is 0 Å². The van der Waals surface area contributed by atoms with E-state index in [0.717, 1.165) is 17.6 Å². The second-order valence-corrected chi connectivity index (χ2v) is 5.11. The smallest absolute Gasteiger partial charge is 0.0398 e. The molecular weight excluding hydrogens is 240 g/mol. The van der Waals surface area contributed by atoms with E-state index in [1.807, 2.05) is 6.08 Å². The predicted molar refractivity (Wildman–Crippen MR) is 88.7 cm³/mol. The van der Waals surface area contributed by atoms with Gasteiger partial charge in [-0.25, -0.2) is 0 Å². The van der Waals surface area contributed by atoms with Crippen molar-refractivity contribution in [2.24, 2.45) is 0 Å². The van der Waals surface area contributed by atoms with Crippen LogP contribution in [0.4, 0.5) is 0 Å². The van der Waals surface area contributed by atoms with E-state index < -0.39 is 0 Å². The van der Waals surface area contributed by atoms with Crippen LogP contribution < -0.4 is 0 Å². The van der Waals surface area contributed by atoms with E-state index >= 15 is 0 Å². The zero-order valence-electron chi connectivity index (χ0n) is 12.9. The average molecular weight is 264 g/mol. The summed E-state index contributed by atoms with van der Waals surface area (Å²) in [5.41, 5.74) is 13.8. The van der Waals surface area contributed by atoms with Crippen molar-refractivity contribution in [1.82, 2.24) is 0 Å². The summed E-state index contributed by atoms with van der Waals surface area (Å²) in [6.07, 6.45) is 6.89. The first kappa shape index (κ1) is 16.1. The molecule has 0 radical (unpaired) electrons. The van der Waals surface area contributed by atoms with Crippen LogP contribution in [0, 0.1) is 6.92 Å². The van der Waals surface area contributed by atoms with Gasteiger partial charge in [-0.1, -0.05) is 61.1 Å². The topological polar surface area (TPSA) is 0 Å². The van der Waals surface area contributed by atoms with Crippen molar-refractivity contribution < 1.29 is 0 Å². The molecule has 1 aromatic rings. The Kier molecular flexibility index (Phi) is 7.26. The van der Waals surface area contributed by atoms with E-state index in [0.29, 0.717) is 0 Å². The molecule has 1 aromatic carbocycles. The lowest BCUT2D eigenvalue weighted by Crippen LogP contribution is -1.81. The Morgan fingerprint density at radius 2 is 2.10 bits per heavy atom. The molecule has 0 atom stereocenters. The lowest BCUT2D eigenvalue weighted by atomic mass is 10.0. The van der Waals surface area contributed by atoms with Crippen LogP contribution in [-0.4, -0.2) is 0 Å². The minimum atomic E-state index is 0.985. The number of hydrogen-bond acceptors (Lipinski definition) is 0. The monoisotopic (exact) mass is 264 g/mol. The molecule has 0 aromatic heterocycles. The second kappa shape index (κ2) is 9.03. The fourth-order valence-corrected chi connectivity index (χ4v) is 2.01. The molecule has 0 aliphatic carbocycles. The summed E-state index contributed by atoms with van der Waals surface area (Å²) >= 11 is 0. The number of aryl methyl sites for hydroxylation is 1. The number of unbranched alkanes of at least 4 members (excludes halogenated alkanes) is 2. The van der Waals surface area contributed by atoms with E-state index in [2.05, 4.69) is 68.8 Å². The molecule has 0 unspecified atom stereocenters. The number of rotatable bonds is 6. The molecule has 0 heteroatoms. The maximum atomic E-state index is 3.62. The summed E-state index contributed by atoms with van der Waals surface area (Å²) in [4.78, 5) is 0. The van der Waals surface area contributed by atoms with Crippen molar-refractivity contribution >= 4 is 5.57 Å². The van der Waals surface area contributed by atoms with Gasteiger partial charge >= 0.3 is 0 Å². The van der Waals surface area contributed by atoms with Crippen LogP contribution >= 0.6 is 0 Å². The molecule has 0 saturated heterocycles. The molecular formula is C20H24. The van der Waals surface area contributed by atoms with Crippen molar-refractivity contribution in [2.75, 3.05) is 0 Å². The molecule has 0 amide bonds. The lowest BCUT2D eigenvalue weighted by molar-refractivity contribution is 0.714. The highest BCUT2D eigenvalue weighted by atomic mass is 14.0. The maximum absolute atomic E-state index is 3.62. The molecule has 1 rings (SSSR count). The van der Waals surface area contributed by atoms with Crippen molar-refractivity contribution in [2.45, 2.75) is 46.5 Å². The number of allylic oxidation sites excluding steroid dienone is 2. The highest BCUT2D eigenvalue weighted by Gasteiger charge is 1.97. The van der Waals surface area contributed by atoms with Gasteiger partial charge in [0.1, 0.15) is 0 Å². The van der Waals surface area contributed by atoms with Crippen molar-refractivity contribution in [3.63, 3.8) is 0 Å². The lowest BCUT2D eigenvalue weighted by Gasteiger charge is -2.00. The van der Waals surface area contributed by atoms with Gasteiger partial charge in [0.05, 0.1) is 0 Å². The third-order valence-corrected chi connectivity index (χ3v) is 3.17. The van der Waals surface area contributed by atoms with Crippen LogP contribution in [0.5, 0.6) is 0 Å². The third-order valence-electron chi connectivity index (χ3n) is 3.17. The van der Waals surface area contributed by atoms with Crippen LogP contribution in [0.25, 0.3) is 5.57 Å². The van der Waals surface area contributed by atoms with Gasteiger partial charge in [-0.15, -0.1) is 5.73 Å². The summed E-state index contributed by atoms with van der Waals surface area (Å²) in [7, 11) is 0. The van der Waals surface area contributed by atoms with Crippen LogP contribution in [-0.2, 0) is 0 Å². The molecule has 20 heavy (non-hydrogen) atoms. The first-order valence-electron chi connectivity index (χ1n) is 7.31. The van der Waals surface area contributed by atoms with Gasteiger partial charge in [-0.2, -0.15) is 0 Å². The molecule has 104 valence electrons. The highest BCUT2D eigenvalue weighted by Crippen LogP contribution is 2.16. The minimum Gasteiger partial charge on any atom is -0.121 e. The van der Waals surface area contributed by atoms with Gasteiger partial charge in [0, 0.05) is 5.57 Å². The normalized spacial score (nSPS) is 9.15. The Balaban J connectivity index is 2.97. The quantitative estimate of drug-likeness (QED) is 0.336. The van der Waals surface area contributed by atoms with Crippen LogP contribution in [0.2, 0.25) is 0 Å². The van der Waals surface area contributed by atoms with Gasteiger partial charge in [-0.05, 0) is 50.5 Å². The van der Waals surface area contributed by atoms with Gasteiger partial charge in [-0.3, -0.25) is 0 Å². The van der Waals surface area contributed by atoms with Crippen LogP contribution in [0.15, 0.2) is 59.7 Å². The Bertz CT molecular complexity index is 582. The van der Waals surface area contributed by atoms with Gasteiger partial charge < -0.3 is 0 Å². The maximum Gasteiger partial charge on any atom is 0.0398 e. The first-order valence-corrected chi connectivity index (χ1v) is 7.31. The highest BCUT2D eigenvalue weighted by molar-refractivity contribution is 5.73. The summed E-state index contributed by atoms with van der Waals surface area (Å²) < 4.78 is 0. The fraction of sp³-hybridized carbons (Fsp3) is 0.350. The molecule has 0 N–H and O–H groups in total. The minimum absolute atomic E-state index is 0.985. The number of benzene rings is 1. The first-order chi connectivity index (χ1) is 9.67. The van der Waals surface area contributed by atoms with E-state index in [9.17, 15) is 0 Å². The Morgan fingerprint density at radius 3 is 2.75 bits per heavy atom. The summed E-state index contributed by atoms with van der Waals surface area (Å²) in [6, 6.07) is 8.37. The summed E-state index contributed by atoms with van der Waals surface area (Å²) in [6.45, 7) is 10.1. The zero-order chi connectivity index (χ0) is 14.8. The summed E-state index contributed by atoms with van der Waals surface area (Å²) in [5, 5.41) is 0. The molecule has 0 nitrogen and oxygen atoms in total. The average Bonchev–Trinajstić information content (AvgIpc) is 2.43. The summed E-state index contributed by atoms with van der Waals surface area (Å²) in [5.74, 6) is 0. The molecule has 0 spiro atoms. The largest absolute Gasteiger partial charge is 0.121 e. The molecule has 0 aliphatic heterocycles. The SMILES string of the molecule is C=C=C=C(C=C=C(C)CCCCC)c1cccc(C)c1. The van der Waals surface area contributed by atoms with Crippen molar-refractivity contribution in [3.8, 4) is 0 Å². The van der Waals surface area contributed by atoms with E-state index in [4.69, 9.17) is 0 Å². The Hall–Kier alpha value is -1.96. The van der Waals surface area contributed by atoms with Crippen molar-refractivity contribution in [3.05, 3.63) is 70.8 Å². The van der Waals surface area contributed by atoms with Gasteiger partial charge in [0.25, 0.3) is 0 Å². The van der Waals surface area contributed by atoms with E-state index in [-0.39, 0.29) is 0 Å². The Morgan fingerprint density at radius 1 is 1.30 bits per heavy atom. The molecule has 0 saturated carbocycles. The van der Waals surface area contributed by atoms with E-state index in [1.165, 1.54) is 30.4 Å². The molecule has 0 aliphatic rings. The van der Waals surface area contributed by atoms with Gasteiger partial charge in [0.2, 0.25) is 0 Å². The standard InChI is InChI=1S/C20H24/c1-5-7-8-11-17(3)14-15-19(10-6-2)20-13-9-12-18(4)16-20/h9,12-13,15-16H,2,5,7-8,11H2,1,3-4H3. The predicted octanol–water partition coefficient (Wildman–Crippen LogP) is 6.00. The molecule has 0 fully saturated rings. The van der Waals surface area contributed by atoms with Gasteiger partial charge in [0.15, 0.2) is 0 Å². The van der Waals surface area contributed by atoms with E-state index in [1.54, 1.807) is 0 Å². The Labute approximate surface area is 123 Å². The molecule has 0 heterocycles. The zero-order valence-corrected chi connectivity index (χ0v) is 12.9. The fourth-order valence-electron chi connectivity index (χ4n) is 2.01. The number of hydrogen-bond donors (Lipinski definition) is 0. The van der Waals surface area contributed by atoms with Crippen LogP contribution in [0.3, 0.4) is 0 Å². The second-order valence-electron chi connectivity index (χ2n) is 5.11. The molecule has 0 bridgehead atoms.